The molecule has 79 valence electrons. The Labute approximate surface area is 96.2 Å². The Bertz CT molecular complexity index is 183. The molecule has 0 radical (unpaired) electrons. The summed E-state index contributed by atoms with van der Waals surface area (Å²) in [6.45, 7) is 8.22. The van der Waals surface area contributed by atoms with Crippen molar-refractivity contribution >= 4 is 20.4 Å². The summed E-state index contributed by atoms with van der Waals surface area (Å²) in [4.78, 5) is 24.0. The predicted molar refractivity (Wildman–Crippen MR) is 52.4 cm³/mol. The Morgan fingerprint density at radius 1 is 1.21 bits per heavy atom. The molecule has 0 fully saturated rings. The van der Waals surface area contributed by atoms with Crippen LogP contribution in [0.4, 0.5) is 0 Å². The Balaban J connectivity index is -0.000000174. The summed E-state index contributed by atoms with van der Waals surface area (Å²) in [5.74, 6) is 0. The third-order valence-corrected chi connectivity index (χ3v) is 2.90. The summed E-state index contributed by atoms with van der Waals surface area (Å²) in [5, 5.41) is 0. The van der Waals surface area contributed by atoms with Crippen molar-refractivity contribution in [3.63, 3.8) is 0 Å². The van der Waals surface area contributed by atoms with Crippen LogP contribution in [-0.2, 0) is 34.2 Å². The molecule has 0 aromatic rings. The molecule has 0 spiro atoms. The van der Waals surface area contributed by atoms with Gasteiger partial charge in [-0.15, -0.1) is 0 Å². The molecule has 3 nitrogen and oxygen atoms in total. The van der Waals surface area contributed by atoms with Gasteiger partial charge in [0.1, 0.15) is 20.4 Å². The number of rotatable bonds is 1. The fourth-order valence-corrected chi connectivity index (χ4v) is 1.96. The first-order valence-corrected chi connectivity index (χ1v) is 5.23. The van der Waals surface area contributed by atoms with Gasteiger partial charge in [0, 0.05) is 0 Å². The van der Waals surface area contributed by atoms with Crippen molar-refractivity contribution in [1.29, 1.82) is 0 Å². The van der Waals surface area contributed by atoms with Gasteiger partial charge in [-0.05, 0) is 0 Å². The van der Waals surface area contributed by atoms with E-state index in [2.05, 4.69) is 19.1 Å². The summed E-state index contributed by atoms with van der Waals surface area (Å²) in [5.41, 5.74) is 1.57. The molecule has 14 heavy (non-hydrogen) atoms. The average Bonchev–Trinajstić information content (AvgIpc) is 2.72. The SMILES string of the molecule is C=O.C=O.C=O.CCC1=[C]([W])CC=C1. The van der Waals surface area contributed by atoms with E-state index in [9.17, 15) is 0 Å². The van der Waals surface area contributed by atoms with E-state index in [4.69, 9.17) is 14.4 Å². The van der Waals surface area contributed by atoms with E-state index < -0.39 is 0 Å². The van der Waals surface area contributed by atoms with E-state index in [1.807, 2.05) is 20.4 Å². The van der Waals surface area contributed by atoms with Gasteiger partial charge in [0.2, 0.25) is 0 Å². The molecule has 1 aliphatic carbocycles. The molecule has 4 heteroatoms. The van der Waals surface area contributed by atoms with Crippen molar-refractivity contribution in [3.8, 4) is 0 Å². The van der Waals surface area contributed by atoms with E-state index in [0.29, 0.717) is 0 Å². The van der Waals surface area contributed by atoms with Crippen molar-refractivity contribution in [2.45, 2.75) is 19.8 Å². The molecule has 0 aromatic heterocycles. The second-order valence-corrected chi connectivity index (χ2v) is 3.68. The number of carbonyl (C=O) groups excluding carboxylic acids is 3. The number of carbonyl (C=O) groups is 3. The molecular formula is C10H15O3W. The quantitative estimate of drug-likeness (QED) is 0.708. The summed E-state index contributed by atoms with van der Waals surface area (Å²) in [7, 11) is 0. The molecule has 0 N–H and O–H groups in total. The fourth-order valence-electron chi connectivity index (χ4n) is 0.847. The van der Waals surface area contributed by atoms with Gasteiger partial charge < -0.3 is 14.4 Å². The number of hydrogen-bond acceptors (Lipinski definition) is 3. The molecule has 0 atom stereocenters. The standard InChI is InChI=1S/C7H9.3CH2O.W/c1-2-7-5-3-4-6-7;3*1-2;/h3,5H,2,4H2,1H3;3*1H2;. The monoisotopic (exact) mass is 367 g/mol. The first-order chi connectivity index (χ1) is 6.84. The Morgan fingerprint density at radius 3 is 1.79 bits per heavy atom. The normalized spacial score (nSPS) is 11.2. The van der Waals surface area contributed by atoms with Crippen LogP contribution in [0.25, 0.3) is 0 Å². The minimum atomic E-state index is 1.22. The molecule has 0 heterocycles. The van der Waals surface area contributed by atoms with Crippen molar-refractivity contribution in [2.24, 2.45) is 0 Å². The summed E-state index contributed by atoms with van der Waals surface area (Å²) in [6.07, 6.45) is 6.94. The predicted octanol–water partition coefficient (Wildman–Crippen LogP) is 1.60. The zero-order chi connectivity index (χ0) is 12.0. The van der Waals surface area contributed by atoms with Crippen molar-refractivity contribution in [1.82, 2.24) is 0 Å². The maximum atomic E-state index is 8.00. The van der Waals surface area contributed by atoms with Gasteiger partial charge in [-0.3, -0.25) is 0 Å². The van der Waals surface area contributed by atoms with Gasteiger partial charge in [0.15, 0.2) is 0 Å². The van der Waals surface area contributed by atoms with Crippen LogP contribution < -0.4 is 0 Å². The van der Waals surface area contributed by atoms with Crippen LogP contribution in [-0.4, -0.2) is 20.4 Å². The van der Waals surface area contributed by atoms with E-state index in [1.54, 1.807) is 29.3 Å². The van der Waals surface area contributed by atoms with Gasteiger partial charge in [-0.1, -0.05) is 0 Å². The van der Waals surface area contributed by atoms with Crippen molar-refractivity contribution < 1.29 is 34.2 Å². The first kappa shape index (κ1) is 18.9. The van der Waals surface area contributed by atoms with Crippen LogP contribution in [0.1, 0.15) is 19.8 Å². The Hall–Kier alpha value is -0.822. The third-order valence-electron chi connectivity index (χ3n) is 1.36. The van der Waals surface area contributed by atoms with E-state index in [-0.39, 0.29) is 0 Å². The molecule has 1 rings (SSSR count). The molecule has 0 unspecified atom stereocenters. The van der Waals surface area contributed by atoms with Gasteiger partial charge in [-0.25, -0.2) is 0 Å². The van der Waals surface area contributed by atoms with Gasteiger partial charge >= 0.3 is 61.3 Å². The summed E-state index contributed by atoms with van der Waals surface area (Å²) < 4.78 is 1.63. The summed E-state index contributed by atoms with van der Waals surface area (Å²) >= 11 is 1.64. The van der Waals surface area contributed by atoms with Crippen LogP contribution in [0.2, 0.25) is 0 Å². The van der Waals surface area contributed by atoms with Gasteiger partial charge in [0.25, 0.3) is 0 Å². The molecule has 0 bridgehead atoms. The fraction of sp³-hybridized carbons (Fsp3) is 0.300. The van der Waals surface area contributed by atoms with E-state index in [1.165, 1.54) is 12.8 Å². The number of hydrogen-bond donors (Lipinski definition) is 0. The average molecular weight is 367 g/mol. The van der Waals surface area contributed by atoms with E-state index in [0.717, 1.165) is 0 Å². The van der Waals surface area contributed by atoms with E-state index >= 15 is 0 Å². The number of allylic oxidation sites excluding steroid dienone is 4. The Morgan fingerprint density at radius 2 is 1.64 bits per heavy atom. The van der Waals surface area contributed by atoms with Crippen LogP contribution >= 0.6 is 0 Å². The Kier molecular flexibility index (Phi) is 24.3. The van der Waals surface area contributed by atoms with Crippen molar-refractivity contribution in [3.05, 3.63) is 21.7 Å². The molecular weight excluding hydrogens is 352 g/mol. The van der Waals surface area contributed by atoms with Crippen LogP contribution in [0.5, 0.6) is 0 Å². The van der Waals surface area contributed by atoms with Crippen LogP contribution in [0.3, 0.4) is 0 Å². The molecule has 0 aromatic carbocycles. The molecule has 1 aliphatic rings. The second-order valence-electron chi connectivity index (χ2n) is 1.91. The molecule has 0 aliphatic heterocycles. The second kappa shape index (κ2) is 18.1. The molecule has 0 amide bonds. The zero-order valence-electron chi connectivity index (χ0n) is 8.32. The third kappa shape index (κ3) is 9.27. The first-order valence-electron chi connectivity index (χ1n) is 3.76. The van der Waals surface area contributed by atoms with Crippen LogP contribution in [0.15, 0.2) is 21.7 Å². The zero-order valence-corrected chi connectivity index (χ0v) is 11.3. The van der Waals surface area contributed by atoms with Gasteiger partial charge in [0.05, 0.1) is 0 Å². The topological polar surface area (TPSA) is 51.2 Å². The van der Waals surface area contributed by atoms with Crippen molar-refractivity contribution in [2.75, 3.05) is 0 Å². The molecule has 0 saturated carbocycles. The summed E-state index contributed by atoms with van der Waals surface area (Å²) in [6, 6.07) is 0. The minimum absolute atomic E-state index is 1.22. The van der Waals surface area contributed by atoms with Gasteiger partial charge in [-0.2, -0.15) is 0 Å². The van der Waals surface area contributed by atoms with Crippen LogP contribution in [0, 0.1) is 0 Å². The molecule has 0 saturated heterocycles. The maximum absolute atomic E-state index is 8.00.